The highest BCUT2D eigenvalue weighted by Gasteiger charge is 2.26. The number of aryl methyl sites for hydroxylation is 1. The van der Waals surface area contributed by atoms with E-state index in [-0.39, 0.29) is 0 Å². The van der Waals surface area contributed by atoms with Gasteiger partial charge in [-0.25, -0.2) is 0 Å². The molecule has 0 amide bonds. The lowest BCUT2D eigenvalue weighted by atomic mass is 10.1. The second-order valence-electron chi connectivity index (χ2n) is 5.05. The average molecular weight is 353 g/mol. The Bertz CT molecular complexity index is 516. The maximum atomic E-state index is 11.6. The third-order valence-corrected chi connectivity index (χ3v) is 4.26. The van der Waals surface area contributed by atoms with Crippen LogP contribution < -0.4 is 4.90 Å². The Morgan fingerprint density at radius 3 is 2.19 bits per heavy atom. The lowest BCUT2D eigenvalue weighted by Crippen LogP contribution is -2.24. The van der Waals surface area contributed by atoms with Crippen molar-refractivity contribution in [3.63, 3.8) is 0 Å². The van der Waals surface area contributed by atoms with E-state index in [1.54, 1.807) is 4.90 Å². The molecule has 1 atom stereocenters. The predicted octanol–water partition coefficient (Wildman–Crippen LogP) is 5.00. The lowest BCUT2D eigenvalue weighted by molar-refractivity contribution is 0.0731. The summed E-state index contributed by atoms with van der Waals surface area (Å²) in [7, 11) is 3.65. The van der Waals surface area contributed by atoms with E-state index in [2.05, 4.69) is 24.8 Å². The highest BCUT2D eigenvalue weighted by molar-refractivity contribution is 8.05. The zero-order chi connectivity index (χ0) is 16.2. The average Bonchev–Trinajstić information content (AvgIpc) is 2.37. The van der Waals surface area contributed by atoms with Crippen LogP contribution in [0, 0.1) is 6.92 Å². The van der Waals surface area contributed by atoms with Crippen molar-refractivity contribution in [3.8, 4) is 0 Å². The molecule has 1 aromatic carbocycles. The number of anilines is 1. The van der Waals surface area contributed by atoms with E-state index in [0.717, 1.165) is 29.9 Å². The Morgan fingerprint density at radius 1 is 1.24 bits per heavy atom. The Hall–Kier alpha value is -0.250. The molecule has 0 aliphatic heterocycles. The van der Waals surface area contributed by atoms with Gasteiger partial charge >= 0.3 is 6.07 Å². The first-order valence-corrected chi connectivity index (χ1v) is 10.3. The van der Waals surface area contributed by atoms with Crippen molar-refractivity contribution in [1.82, 2.24) is 4.90 Å². The number of halogens is 2. The second-order valence-corrected chi connectivity index (χ2v) is 9.28. The van der Waals surface area contributed by atoms with Crippen LogP contribution in [0.15, 0.2) is 18.2 Å². The minimum atomic E-state index is -3.61. The molecule has 0 saturated carbocycles. The summed E-state index contributed by atoms with van der Waals surface area (Å²) in [5.41, 5.74) is 3.09. The quantitative estimate of drug-likeness (QED) is 0.510. The molecule has 0 radical (unpaired) electrons. The topological polar surface area (TPSA) is 32.8 Å². The van der Waals surface area contributed by atoms with Gasteiger partial charge in [0.15, 0.2) is 0 Å². The Balaban J connectivity index is 3.14. The standard InChI is InChI=1S/C14H23Cl2N2O2P/c1-6-18(7-2)12-8-9-13(11(3)10-12)14(17(4)5)20-21(15,16)19/h8-10,14H,6-7H2,1-5H3. The van der Waals surface area contributed by atoms with Gasteiger partial charge in [0.2, 0.25) is 0 Å². The number of benzene rings is 1. The minimum Gasteiger partial charge on any atom is -0.372 e. The number of nitrogens with zero attached hydrogens (tertiary/aromatic N) is 2. The molecule has 1 unspecified atom stereocenters. The van der Waals surface area contributed by atoms with Crippen LogP contribution in [-0.4, -0.2) is 32.1 Å². The molecule has 0 aromatic heterocycles. The SMILES string of the molecule is CCN(CC)c1ccc(C(OP(=O)(Cl)Cl)N(C)C)c(C)c1. The highest BCUT2D eigenvalue weighted by Crippen LogP contribution is 2.60. The summed E-state index contributed by atoms with van der Waals surface area (Å²) < 4.78 is 16.9. The van der Waals surface area contributed by atoms with E-state index in [0.29, 0.717) is 0 Å². The molecule has 0 saturated heterocycles. The smallest absolute Gasteiger partial charge is 0.372 e. The fourth-order valence-electron chi connectivity index (χ4n) is 2.27. The van der Waals surface area contributed by atoms with Crippen LogP contribution in [0.25, 0.3) is 0 Å². The maximum absolute atomic E-state index is 11.6. The number of rotatable bonds is 7. The van der Waals surface area contributed by atoms with E-state index in [4.69, 9.17) is 27.0 Å². The largest absolute Gasteiger partial charge is 0.381 e. The molecular formula is C14H23Cl2N2O2P. The van der Waals surface area contributed by atoms with Gasteiger partial charge in [-0.2, -0.15) is 0 Å². The zero-order valence-electron chi connectivity index (χ0n) is 13.1. The number of hydrogen-bond acceptors (Lipinski definition) is 4. The highest BCUT2D eigenvalue weighted by atomic mass is 35.9. The van der Waals surface area contributed by atoms with Crippen LogP contribution in [0.2, 0.25) is 0 Å². The summed E-state index contributed by atoms with van der Waals surface area (Å²) in [6.07, 6.45) is -4.16. The van der Waals surface area contributed by atoms with Gasteiger partial charge in [-0.15, -0.1) is 0 Å². The molecule has 1 rings (SSSR count). The van der Waals surface area contributed by atoms with Gasteiger partial charge in [0.25, 0.3) is 0 Å². The molecule has 120 valence electrons. The molecule has 0 bridgehead atoms. The second kappa shape index (κ2) is 7.85. The van der Waals surface area contributed by atoms with Crippen molar-refractivity contribution < 1.29 is 9.09 Å². The summed E-state index contributed by atoms with van der Waals surface area (Å²) in [5, 5.41) is 0. The van der Waals surface area contributed by atoms with Gasteiger partial charge < -0.3 is 4.90 Å². The third kappa shape index (κ3) is 5.46. The Labute approximate surface area is 137 Å². The van der Waals surface area contributed by atoms with Crippen molar-refractivity contribution in [2.45, 2.75) is 27.0 Å². The van der Waals surface area contributed by atoms with Gasteiger partial charge in [-0.3, -0.25) is 14.0 Å². The van der Waals surface area contributed by atoms with Crippen LogP contribution in [0.3, 0.4) is 0 Å². The summed E-state index contributed by atoms with van der Waals surface area (Å²) >= 11 is 11.1. The van der Waals surface area contributed by atoms with Crippen LogP contribution >= 0.6 is 28.6 Å². The maximum Gasteiger partial charge on any atom is 0.381 e. The summed E-state index contributed by atoms with van der Waals surface area (Å²) in [4.78, 5) is 4.05. The molecular weight excluding hydrogens is 330 g/mol. The van der Waals surface area contributed by atoms with Crippen LogP contribution in [0.1, 0.15) is 31.2 Å². The molecule has 0 fully saturated rings. The Kier molecular flexibility index (Phi) is 7.02. The first kappa shape index (κ1) is 18.8. The van der Waals surface area contributed by atoms with E-state index in [1.807, 2.05) is 33.2 Å². The summed E-state index contributed by atoms with van der Waals surface area (Å²) in [6.45, 7) is 8.13. The van der Waals surface area contributed by atoms with E-state index in [9.17, 15) is 4.57 Å². The van der Waals surface area contributed by atoms with Gasteiger partial charge in [0.05, 0.1) is 0 Å². The monoisotopic (exact) mass is 352 g/mol. The van der Waals surface area contributed by atoms with E-state index < -0.39 is 12.3 Å². The summed E-state index contributed by atoms with van der Waals surface area (Å²) in [5.74, 6) is 0. The molecule has 0 aliphatic carbocycles. The van der Waals surface area contributed by atoms with Crippen molar-refractivity contribution in [2.75, 3.05) is 32.1 Å². The van der Waals surface area contributed by atoms with Gasteiger partial charge in [0, 0.05) is 18.8 Å². The van der Waals surface area contributed by atoms with Crippen molar-refractivity contribution in [1.29, 1.82) is 0 Å². The van der Waals surface area contributed by atoms with Crippen LogP contribution in [0.5, 0.6) is 0 Å². The first-order chi connectivity index (χ1) is 9.69. The normalized spacial score (nSPS) is 13.5. The van der Waals surface area contributed by atoms with E-state index in [1.165, 1.54) is 0 Å². The van der Waals surface area contributed by atoms with Gasteiger partial charge in [-0.05, 0) is 80.6 Å². The molecule has 0 spiro atoms. The first-order valence-electron chi connectivity index (χ1n) is 6.89. The summed E-state index contributed by atoms with van der Waals surface area (Å²) in [6, 6.07) is 6.09. The molecule has 4 nitrogen and oxygen atoms in total. The molecule has 21 heavy (non-hydrogen) atoms. The van der Waals surface area contributed by atoms with Crippen molar-refractivity contribution in [3.05, 3.63) is 29.3 Å². The zero-order valence-corrected chi connectivity index (χ0v) is 15.5. The third-order valence-electron chi connectivity index (χ3n) is 3.34. The molecule has 7 heteroatoms. The van der Waals surface area contributed by atoms with Crippen LogP contribution in [-0.2, 0) is 9.09 Å². The molecule has 0 aliphatic rings. The predicted molar refractivity (Wildman–Crippen MR) is 91.6 cm³/mol. The molecule has 0 heterocycles. The molecule has 0 N–H and O–H groups in total. The van der Waals surface area contributed by atoms with Gasteiger partial charge in [0.1, 0.15) is 6.23 Å². The fraction of sp³-hybridized carbons (Fsp3) is 0.571. The lowest BCUT2D eigenvalue weighted by Gasteiger charge is -2.28. The van der Waals surface area contributed by atoms with Crippen molar-refractivity contribution >= 4 is 34.2 Å². The minimum absolute atomic E-state index is 0.545. The van der Waals surface area contributed by atoms with Crippen LogP contribution in [0.4, 0.5) is 5.69 Å². The molecule has 1 aromatic rings. The Morgan fingerprint density at radius 2 is 1.81 bits per heavy atom. The van der Waals surface area contributed by atoms with Gasteiger partial charge in [-0.1, -0.05) is 6.07 Å². The fourth-order valence-corrected chi connectivity index (χ4v) is 3.26. The number of hydrogen-bond donors (Lipinski definition) is 0. The van der Waals surface area contributed by atoms with E-state index >= 15 is 0 Å². The van der Waals surface area contributed by atoms with Crippen molar-refractivity contribution in [2.24, 2.45) is 0 Å².